The molecule has 0 bridgehead atoms. The lowest BCUT2D eigenvalue weighted by atomic mass is 9.88. The van der Waals surface area contributed by atoms with Gasteiger partial charge in [0.2, 0.25) is 3.58 Å². The first-order valence-corrected chi connectivity index (χ1v) is 12.3. The van der Waals surface area contributed by atoms with Gasteiger partial charge in [-0.25, -0.2) is 4.39 Å². The largest absolute Gasteiger partial charge is 0.384 e. The molecular weight excluding hydrogens is 438 g/mol. The lowest BCUT2D eigenvalue weighted by Crippen LogP contribution is -3.61. The second kappa shape index (κ2) is 12.9. The minimum absolute atomic E-state index is 0.0601. The van der Waals surface area contributed by atoms with Gasteiger partial charge in [0.1, 0.15) is 6.10 Å². The Bertz CT molecular complexity index is 519. The fourth-order valence-electron chi connectivity index (χ4n) is 2.76. The first-order valence-electron chi connectivity index (χ1n) is 10.1. The number of unbranched alkanes of at least 4 members (excludes halogenated alkanes) is 7. The number of allylic oxidation sites excluding steroid dienone is 1. The van der Waals surface area contributed by atoms with Crippen LogP contribution in [0.15, 0.2) is 39.7 Å². The molecule has 0 radical (unpaired) electrons. The monoisotopic (exact) mass is 475 g/mol. The molecule has 0 heterocycles. The summed E-state index contributed by atoms with van der Waals surface area (Å²) in [5.41, 5.74) is -0.333. The Morgan fingerprint density at radius 2 is 1.50 bits per heavy atom. The summed E-state index contributed by atoms with van der Waals surface area (Å²) in [6.45, 7) is 8.18. The van der Waals surface area contributed by atoms with Crippen LogP contribution in [0, 0.1) is 8.99 Å². The molecule has 0 saturated heterocycles. The number of hydrogen-bond donors (Lipinski definition) is 1. The molecule has 1 rings (SSSR count). The summed E-state index contributed by atoms with van der Waals surface area (Å²) >= 11 is -0.668. The van der Waals surface area contributed by atoms with E-state index in [9.17, 15) is 9.50 Å². The molecule has 1 aromatic rings. The van der Waals surface area contributed by atoms with Crippen LogP contribution in [0.2, 0.25) is 0 Å². The van der Waals surface area contributed by atoms with E-state index in [1.165, 1.54) is 38.5 Å². The molecule has 1 nitrogen and oxygen atoms in total. The zero-order chi connectivity index (χ0) is 19.4. The standard InChI is InChI=1S/C23H37FIO/c1-5-6-7-8-9-10-11-15-18-20(24)21(22(26)23(2,3)4)25-19-16-13-12-14-17-19/h12-14,16-17,22,26H,5-11,15,18H2,1-4H3/q+1/b21-20-. The fourth-order valence-corrected chi connectivity index (χ4v) is 6.00. The predicted molar refractivity (Wildman–Crippen MR) is 106 cm³/mol. The van der Waals surface area contributed by atoms with Crippen LogP contribution < -0.4 is 21.2 Å². The Morgan fingerprint density at radius 3 is 2.04 bits per heavy atom. The van der Waals surface area contributed by atoms with Crippen LogP contribution in [0.3, 0.4) is 0 Å². The highest BCUT2D eigenvalue weighted by Crippen LogP contribution is 2.25. The molecule has 1 aromatic carbocycles. The minimum atomic E-state index is -0.704. The molecule has 0 aromatic heterocycles. The summed E-state index contributed by atoms with van der Waals surface area (Å²) in [7, 11) is 0. The number of aliphatic hydroxyl groups is 1. The van der Waals surface area contributed by atoms with Crippen molar-refractivity contribution in [2.45, 2.75) is 91.6 Å². The third kappa shape index (κ3) is 9.50. The topological polar surface area (TPSA) is 20.2 Å². The summed E-state index contributed by atoms with van der Waals surface area (Å²) in [4.78, 5) is 0. The lowest BCUT2D eigenvalue weighted by Gasteiger charge is -2.23. The quantitative estimate of drug-likeness (QED) is 0.357. The van der Waals surface area contributed by atoms with E-state index in [1.807, 2.05) is 51.1 Å². The van der Waals surface area contributed by atoms with Gasteiger partial charge < -0.3 is 5.11 Å². The average molecular weight is 475 g/mol. The van der Waals surface area contributed by atoms with E-state index in [0.29, 0.717) is 10.0 Å². The van der Waals surface area contributed by atoms with Gasteiger partial charge in [-0.2, -0.15) is 0 Å². The summed E-state index contributed by atoms with van der Waals surface area (Å²) in [6, 6.07) is 10.1. The molecule has 148 valence electrons. The second-order valence-electron chi connectivity index (χ2n) is 8.14. The van der Waals surface area contributed by atoms with Gasteiger partial charge in [-0.3, -0.25) is 0 Å². The molecular formula is C23H37FIO+. The molecule has 1 N–H and O–H groups in total. The Hall–Kier alpha value is -0.420. The summed E-state index contributed by atoms with van der Waals surface area (Å²) in [5, 5.41) is 10.7. The van der Waals surface area contributed by atoms with Crippen LogP contribution in [0.5, 0.6) is 0 Å². The summed E-state index contributed by atoms with van der Waals surface area (Å²) in [5.74, 6) is -0.0601. The lowest BCUT2D eigenvalue weighted by molar-refractivity contribution is -0.587. The van der Waals surface area contributed by atoms with Gasteiger partial charge in [-0.15, -0.1) is 0 Å². The van der Waals surface area contributed by atoms with E-state index in [-0.39, 0.29) is 11.2 Å². The van der Waals surface area contributed by atoms with Gasteiger partial charge in [-0.05, 0) is 24.0 Å². The Balaban J connectivity index is 2.60. The molecule has 3 heteroatoms. The van der Waals surface area contributed by atoms with Crippen molar-refractivity contribution in [3.63, 3.8) is 0 Å². The number of halogens is 2. The molecule has 0 fully saturated rings. The molecule has 1 atom stereocenters. The number of rotatable bonds is 12. The second-order valence-corrected chi connectivity index (χ2v) is 11.1. The highest BCUT2D eigenvalue weighted by atomic mass is 127. The number of hydrogen-bond acceptors (Lipinski definition) is 1. The van der Waals surface area contributed by atoms with Crippen LogP contribution in [0.1, 0.15) is 85.5 Å². The van der Waals surface area contributed by atoms with E-state index < -0.39 is 27.3 Å². The van der Waals surface area contributed by atoms with E-state index >= 15 is 0 Å². The van der Waals surface area contributed by atoms with Gasteiger partial charge in [0.25, 0.3) is 0 Å². The zero-order valence-corrected chi connectivity index (χ0v) is 19.2. The van der Waals surface area contributed by atoms with E-state index in [2.05, 4.69) is 6.92 Å². The number of benzene rings is 1. The third-order valence-electron chi connectivity index (χ3n) is 4.51. The fraction of sp³-hybridized carbons (Fsp3) is 0.652. The van der Waals surface area contributed by atoms with Crippen LogP contribution >= 0.6 is 0 Å². The average Bonchev–Trinajstić information content (AvgIpc) is 2.61. The Morgan fingerprint density at radius 1 is 0.962 bits per heavy atom. The van der Waals surface area contributed by atoms with Gasteiger partial charge in [0.15, 0.2) is 9.40 Å². The zero-order valence-electron chi connectivity index (χ0n) is 17.0. The summed E-state index contributed by atoms with van der Waals surface area (Å²) in [6.07, 6.45) is 9.44. The maximum absolute atomic E-state index is 15.0. The van der Waals surface area contributed by atoms with Crippen LogP contribution in [-0.2, 0) is 0 Å². The van der Waals surface area contributed by atoms with Crippen molar-refractivity contribution in [3.05, 3.63) is 43.3 Å². The van der Waals surface area contributed by atoms with Gasteiger partial charge >= 0.3 is 21.2 Å². The van der Waals surface area contributed by atoms with E-state index in [1.54, 1.807) is 0 Å². The first-order chi connectivity index (χ1) is 12.4. The highest BCUT2D eigenvalue weighted by Gasteiger charge is 2.38. The van der Waals surface area contributed by atoms with Crippen molar-refractivity contribution in [2.75, 3.05) is 0 Å². The predicted octanol–water partition coefficient (Wildman–Crippen LogP) is 4.06. The van der Waals surface area contributed by atoms with Crippen molar-refractivity contribution < 1.29 is 30.7 Å². The highest BCUT2D eigenvalue weighted by molar-refractivity contribution is 5.09. The molecule has 1 unspecified atom stereocenters. The molecule has 0 aliphatic rings. The molecule has 0 amide bonds. The first kappa shape index (κ1) is 23.6. The number of aliphatic hydroxyl groups excluding tert-OH is 1. The molecule has 0 saturated carbocycles. The Labute approximate surface area is 170 Å². The smallest absolute Gasteiger partial charge is 0.358 e. The molecule has 0 aliphatic heterocycles. The SMILES string of the molecule is CCCCCCCCCC/C(F)=C(/[I+]c1ccccc1)C(O)C(C)(C)C. The van der Waals surface area contributed by atoms with Crippen LogP contribution in [0.4, 0.5) is 4.39 Å². The molecule has 0 spiro atoms. The van der Waals surface area contributed by atoms with Gasteiger partial charge in [-0.1, -0.05) is 90.8 Å². The van der Waals surface area contributed by atoms with Crippen molar-refractivity contribution in [1.29, 1.82) is 0 Å². The van der Waals surface area contributed by atoms with Crippen molar-refractivity contribution in [3.8, 4) is 0 Å². The van der Waals surface area contributed by atoms with Crippen molar-refractivity contribution in [2.24, 2.45) is 5.41 Å². The van der Waals surface area contributed by atoms with Gasteiger partial charge in [0, 0.05) is 6.42 Å². The van der Waals surface area contributed by atoms with E-state index in [0.717, 1.165) is 16.4 Å². The molecule has 26 heavy (non-hydrogen) atoms. The van der Waals surface area contributed by atoms with Crippen LogP contribution in [-0.4, -0.2) is 11.2 Å². The Kier molecular flexibility index (Phi) is 11.7. The summed E-state index contributed by atoms with van der Waals surface area (Å²) < 4.78 is 16.8. The maximum atomic E-state index is 15.0. The van der Waals surface area contributed by atoms with Crippen molar-refractivity contribution in [1.82, 2.24) is 0 Å². The minimum Gasteiger partial charge on any atom is -0.384 e. The van der Waals surface area contributed by atoms with Crippen molar-refractivity contribution >= 4 is 0 Å². The molecule has 0 aliphatic carbocycles. The normalized spacial score (nSPS) is 14.2. The van der Waals surface area contributed by atoms with Crippen LogP contribution in [0.25, 0.3) is 0 Å². The third-order valence-corrected chi connectivity index (χ3v) is 7.61. The van der Waals surface area contributed by atoms with E-state index in [4.69, 9.17) is 0 Å². The van der Waals surface area contributed by atoms with Gasteiger partial charge in [0.05, 0.1) is 0 Å². The maximum Gasteiger partial charge on any atom is 0.358 e.